The second kappa shape index (κ2) is 14.2. The average molecular weight is 622 g/mol. The van der Waals surface area contributed by atoms with Gasteiger partial charge in [-0.1, -0.05) is 42.5 Å². The number of hydrogen-bond acceptors (Lipinski definition) is 9. The first kappa shape index (κ1) is 32.7. The lowest BCUT2D eigenvalue weighted by molar-refractivity contribution is -0.136. The van der Waals surface area contributed by atoms with Gasteiger partial charge in [0.15, 0.2) is 11.6 Å². The highest BCUT2D eigenvalue weighted by Gasteiger charge is 2.53. The average Bonchev–Trinajstić information content (AvgIpc) is 3.98. The lowest BCUT2D eigenvalue weighted by Crippen LogP contribution is -2.54. The quantitative estimate of drug-likeness (QED) is 0.236. The van der Waals surface area contributed by atoms with E-state index >= 15 is 0 Å². The number of epoxide rings is 1. The Morgan fingerprint density at radius 3 is 2.20 bits per heavy atom. The Labute approximate surface area is 263 Å². The van der Waals surface area contributed by atoms with Crippen LogP contribution in [0.2, 0.25) is 0 Å². The molecule has 0 bridgehead atoms. The fourth-order valence-electron chi connectivity index (χ4n) is 5.73. The second-order valence-corrected chi connectivity index (χ2v) is 12.5. The molecule has 2 heterocycles. The maximum atomic E-state index is 14.0. The Bertz CT molecular complexity index is 1350. The van der Waals surface area contributed by atoms with Crippen LogP contribution in [-0.2, 0) is 41.5 Å². The first-order valence-electron chi connectivity index (χ1n) is 15.6. The number of carbonyl (C=O) groups is 4. The number of amides is 2. The molecule has 2 aromatic carbocycles. The smallest absolute Gasteiger partial charge is 0.234 e. The van der Waals surface area contributed by atoms with Crippen molar-refractivity contribution in [1.29, 1.82) is 0 Å². The number of nitrogens with one attached hydrogen (secondary N) is 2. The second-order valence-electron chi connectivity index (χ2n) is 12.5. The predicted octanol–water partition coefficient (Wildman–Crippen LogP) is 1.24. The summed E-state index contributed by atoms with van der Waals surface area (Å²) in [5.41, 5.74) is -0.630. The van der Waals surface area contributed by atoms with Crippen molar-refractivity contribution in [1.82, 2.24) is 15.5 Å². The Morgan fingerprint density at radius 1 is 0.956 bits per heavy atom. The van der Waals surface area contributed by atoms with Crippen molar-refractivity contribution in [3.63, 3.8) is 0 Å². The van der Waals surface area contributed by atoms with E-state index < -0.39 is 40.9 Å². The van der Waals surface area contributed by atoms with Gasteiger partial charge in [0.2, 0.25) is 11.8 Å². The number of morpholine rings is 1. The van der Waals surface area contributed by atoms with E-state index in [4.69, 9.17) is 14.2 Å². The molecule has 3 aliphatic rings. The van der Waals surface area contributed by atoms with Crippen LogP contribution in [-0.4, -0.2) is 103 Å². The van der Waals surface area contributed by atoms with Gasteiger partial charge in [0.05, 0.1) is 45.1 Å². The molecule has 3 fully saturated rings. The molecular weight excluding hydrogens is 578 g/mol. The van der Waals surface area contributed by atoms with E-state index in [1.54, 1.807) is 26.2 Å². The number of hydrogen-bond donors (Lipinski definition) is 3. The number of aliphatic hydroxyl groups is 1. The van der Waals surface area contributed by atoms with Crippen molar-refractivity contribution >= 4 is 23.4 Å². The third kappa shape index (κ3) is 8.76. The fraction of sp³-hybridized carbons (Fsp3) is 0.529. The van der Waals surface area contributed by atoms with E-state index in [2.05, 4.69) is 10.6 Å². The summed E-state index contributed by atoms with van der Waals surface area (Å²) in [7, 11) is 1.56. The number of ketones is 2. The van der Waals surface area contributed by atoms with Crippen LogP contribution in [0.25, 0.3) is 0 Å². The number of benzene rings is 2. The van der Waals surface area contributed by atoms with Crippen LogP contribution in [0, 0.1) is 5.92 Å². The molecule has 1 saturated carbocycles. The lowest BCUT2D eigenvalue weighted by Gasteiger charge is -2.29. The third-order valence-corrected chi connectivity index (χ3v) is 8.87. The highest BCUT2D eigenvalue weighted by atomic mass is 16.6. The van der Waals surface area contributed by atoms with Crippen LogP contribution in [0.1, 0.15) is 37.3 Å². The number of ether oxygens (including phenoxy) is 3. The highest BCUT2D eigenvalue weighted by molar-refractivity contribution is 5.98. The molecule has 242 valence electrons. The van der Waals surface area contributed by atoms with Crippen LogP contribution in [0.4, 0.5) is 0 Å². The van der Waals surface area contributed by atoms with Gasteiger partial charge in [-0.15, -0.1) is 0 Å². The van der Waals surface area contributed by atoms with Gasteiger partial charge < -0.3 is 30.0 Å². The molecule has 0 aromatic heterocycles. The largest absolute Gasteiger partial charge is 0.497 e. The molecule has 5 rings (SSSR count). The van der Waals surface area contributed by atoms with Crippen molar-refractivity contribution in [3.05, 3.63) is 65.7 Å². The van der Waals surface area contributed by atoms with Gasteiger partial charge in [-0.2, -0.15) is 0 Å². The number of Topliss-reactive ketones (excluding diaryl/α,β-unsaturated/α-hetero) is 2. The van der Waals surface area contributed by atoms with Gasteiger partial charge in [0.25, 0.3) is 0 Å². The molecule has 11 heteroatoms. The zero-order valence-corrected chi connectivity index (χ0v) is 26.0. The topological polar surface area (TPSA) is 147 Å². The van der Waals surface area contributed by atoms with Crippen LogP contribution < -0.4 is 15.4 Å². The molecule has 0 unspecified atom stereocenters. The van der Waals surface area contributed by atoms with E-state index in [1.807, 2.05) is 47.4 Å². The van der Waals surface area contributed by atoms with Gasteiger partial charge in [0.1, 0.15) is 17.4 Å². The molecule has 1 aliphatic carbocycles. The van der Waals surface area contributed by atoms with Gasteiger partial charge >= 0.3 is 0 Å². The molecular formula is C34H43N3O8. The summed E-state index contributed by atoms with van der Waals surface area (Å²) in [6.45, 7) is 4.34. The summed E-state index contributed by atoms with van der Waals surface area (Å²) in [5.74, 6) is -1.69. The molecule has 2 aromatic rings. The highest BCUT2D eigenvalue weighted by Crippen LogP contribution is 2.39. The molecule has 2 aliphatic heterocycles. The van der Waals surface area contributed by atoms with E-state index in [0.717, 1.165) is 11.1 Å². The number of rotatable bonds is 16. The summed E-state index contributed by atoms with van der Waals surface area (Å²) < 4.78 is 16.0. The molecule has 2 saturated heterocycles. The molecule has 3 N–H and O–H groups in total. The summed E-state index contributed by atoms with van der Waals surface area (Å²) in [4.78, 5) is 56.2. The molecule has 4 atom stereocenters. The minimum Gasteiger partial charge on any atom is -0.497 e. The zero-order chi connectivity index (χ0) is 32.0. The monoisotopic (exact) mass is 621 g/mol. The zero-order valence-electron chi connectivity index (χ0n) is 26.0. The van der Waals surface area contributed by atoms with Gasteiger partial charge in [-0.25, -0.2) is 0 Å². The Morgan fingerprint density at radius 2 is 1.60 bits per heavy atom. The summed E-state index contributed by atoms with van der Waals surface area (Å²) >= 11 is 0. The Hall–Kier alpha value is -3.64. The van der Waals surface area contributed by atoms with Crippen molar-refractivity contribution in [2.45, 2.75) is 62.3 Å². The SMILES string of the molecule is COc1ccc(C[C@H](CC(=O)[C@@H](NC(=O)CN2CCOCC2)C2(O)CC2)C(=O)N[C@@H](Cc2ccccc2)C(=O)[C@@]2(C)CO2)cc1. The van der Waals surface area contributed by atoms with Crippen LogP contribution in [0.5, 0.6) is 5.75 Å². The van der Waals surface area contributed by atoms with E-state index in [1.165, 1.54) is 0 Å². The molecule has 2 amide bonds. The standard InChI is InChI=1S/C34H43N3O8/c1-33(22-45-33)31(40)27(19-23-6-4-3-5-7-23)35-32(41)25(18-24-8-10-26(43-2)11-9-24)20-28(38)30(34(42)12-13-34)36-29(39)21-37-14-16-44-17-15-37/h3-11,25,27,30,42H,12-22H2,1-2H3,(H,35,41)(H,36,39)/t25-,27+,30-,33-/m1/s1. The molecule has 0 spiro atoms. The minimum atomic E-state index is -1.34. The number of nitrogens with zero attached hydrogens (tertiary/aromatic N) is 1. The lowest BCUT2D eigenvalue weighted by atomic mass is 9.88. The predicted molar refractivity (Wildman–Crippen MR) is 165 cm³/mol. The molecule has 11 nitrogen and oxygen atoms in total. The fourth-order valence-corrected chi connectivity index (χ4v) is 5.73. The van der Waals surface area contributed by atoms with Crippen LogP contribution in [0.3, 0.4) is 0 Å². The van der Waals surface area contributed by atoms with Crippen LogP contribution >= 0.6 is 0 Å². The van der Waals surface area contributed by atoms with Gasteiger partial charge in [0, 0.05) is 25.4 Å². The van der Waals surface area contributed by atoms with E-state index in [-0.39, 0.29) is 44.1 Å². The summed E-state index contributed by atoms with van der Waals surface area (Å²) in [6.07, 6.45) is 0.996. The normalized spacial score (nSPS) is 22.4. The maximum absolute atomic E-state index is 14.0. The Kier molecular flexibility index (Phi) is 10.3. The van der Waals surface area contributed by atoms with Crippen molar-refractivity contribution < 1.29 is 38.5 Å². The third-order valence-electron chi connectivity index (χ3n) is 8.87. The molecule has 45 heavy (non-hydrogen) atoms. The van der Waals surface area contributed by atoms with Crippen LogP contribution in [0.15, 0.2) is 54.6 Å². The number of carbonyl (C=O) groups excluding carboxylic acids is 4. The Balaban J connectivity index is 1.34. The van der Waals surface area contributed by atoms with E-state index in [0.29, 0.717) is 44.9 Å². The number of methoxy groups -OCH3 is 1. The van der Waals surface area contributed by atoms with E-state index in [9.17, 15) is 24.3 Å². The van der Waals surface area contributed by atoms with Gasteiger partial charge in [-0.3, -0.25) is 24.1 Å². The van der Waals surface area contributed by atoms with Crippen molar-refractivity contribution in [2.24, 2.45) is 5.92 Å². The first-order chi connectivity index (χ1) is 21.6. The molecule has 0 radical (unpaired) electrons. The summed E-state index contributed by atoms with van der Waals surface area (Å²) in [5, 5.41) is 16.8. The summed E-state index contributed by atoms with van der Waals surface area (Å²) in [6, 6.07) is 14.6. The van der Waals surface area contributed by atoms with Gasteiger partial charge in [-0.05, 0) is 55.9 Å². The van der Waals surface area contributed by atoms with Crippen molar-refractivity contribution in [2.75, 3.05) is 46.6 Å². The first-order valence-corrected chi connectivity index (χ1v) is 15.6. The maximum Gasteiger partial charge on any atom is 0.234 e. The van der Waals surface area contributed by atoms with Crippen molar-refractivity contribution in [3.8, 4) is 5.75 Å². The minimum absolute atomic E-state index is 0.0864.